The van der Waals surface area contributed by atoms with Gasteiger partial charge in [0.25, 0.3) is 5.91 Å². The van der Waals surface area contributed by atoms with Crippen LogP contribution >= 0.6 is 0 Å². The molecule has 21 heavy (non-hydrogen) atoms. The average Bonchev–Trinajstić information content (AvgIpc) is 3.08. The largest absolute Gasteiger partial charge is 0.366 e. The fourth-order valence-corrected chi connectivity index (χ4v) is 2.14. The number of morpholine rings is 1. The summed E-state index contributed by atoms with van der Waals surface area (Å²) >= 11 is 0. The first-order chi connectivity index (χ1) is 10.3. The number of ether oxygens (including phenoxy) is 1. The van der Waals surface area contributed by atoms with Gasteiger partial charge >= 0.3 is 0 Å². The van der Waals surface area contributed by atoms with Gasteiger partial charge in [0.1, 0.15) is 18.8 Å². The van der Waals surface area contributed by atoms with Crippen molar-refractivity contribution in [3.63, 3.8) is 0 Å². The van der Waals surface area contributed by atoms with Gasteiger partial charge in [0.15, 0.2) is 0 Å². The van der Waals surface area contributed by atoms with Gasteiger partial charge in [0.05, 0.1) is 12.3 Å². The standard InChI is InChI=1S/C14H17N5O2/c20-14(13-8-15-5-6-21-13)17-7-11-1-3-12(4-2-11)19-10-16-9-18-19/h1-4,9-10,13,15H,5-8H2,(H,17,20). The number of aromatic nitrogens is 3. The Bertz CT molecular complexity index is 576. The Hall–Kier alpha value is -2.25. The van der Waals surface area contributed by atoms with E-state index in [0.717, 1.165) is 17.8 Å². The van der Waals surface area contributed by atoms with Crippen LogP contribution in [0.4, 0.5) is 0 Å². The minimum atomic E-state index is -0.395. The highest BCUT2D eigenvalue weighted by atomic mass is 16.5. The number of carbonyl (C=O) groups is 1. The van der Waals surface area contributed by atoms with Gasteiger partial charge in [-0.25, -0.2) is 9.67 Å². The minimum Gasteiger partial charge on any atom is -0.366 e. The van der Waals surface area contributed by atoms with Crippen molar-refractivity contribution < 1.29 is 9.53 Å². The van der Waals surface area contributed by atoms with Crippen molar-refractivity contribution >= 4 is 5.91 Å². The molecule has 1 saturated heterocycles. The predicted molar refractivity (Wildman–Crippen MR) is 75.8 cm³/mol. The van der Waals surface area contributed by atoms with Crippen molar-refractivity contribution in [3.05, 3.63) is 42.5 Å². The first kappa shape index (κ1) is 13.7. The third-order valence-electron chi connectivity index (χ3n) is 3.31. The molecule has 2 N–H and O–H groups in total. The molecule has 7 heteroatoms. The summed E-state index contributed by atoms with van der Waals surface area (Å²) < 4.78 is 7.09. The van der Waals surface area contributed by atoms with Crippen LogP contribution in [0.3, 0.4) is 0 Å². The van der Waals surface area contributed by atoms with Gasteiger partial charge in [-0.05, 0) is 17.7 Å². The van der Waals surface area contributed by atoms with Crippen molar-refractivity contribution in [2.24, 2.45) is 0 Å². The number of hydrogen-bond donors (Lipinski definition) is 2. The Morgan fingerprint density at radius 3 is 2.95 bits per heavy atom. The molecule has 1 unspecified atom stereocenters. The van der Waals surface area contributed by atoms with Crippen molar-refractivity contribution in [1.29, 1.82) is 0 Å². The van der Waals surface area contributed by atoms with E-state index in [1.165, 1.54) is 6.33 Å². The maximum atomic E-state index is 11.9. The molecule has 1 aromatic carbocycles. The summed E-state index contributed by atoms with van der Waals surface area (Å²) in [4.78, 5) is 15.8. The third-order valence-corrected chi connectivity index (χ3v) is 3.31. The van der Waals surface area contributed by atoms with E-state index in [-0.39, 0.29) is 5.91 Å². The molecular formula is C14H17N5O2. The van der Waals surface area contributed by atoms with Gasteiger partial charge in [-0.3, -0.25) is 4.79 Å². The third kappa shape index (κ3) is 3.45. The van der Waals surface area contributed by atoms with Crippen LogP contribution in [0.25, 0.3) is 5.69 Å². The maximum Gasteiger partial charge on any atom is 0.250 e. The molecule has 0 bridgehead atoms. The first-order valence-electron chi connectivity index (χ1n) is 6.87. The molecule has 7 nitrogen and oxygen atoms in total. The lowest BCUT2D eigenvalue weighted by Crippen LogP contribution is -2.47. The fourth-order valence-electron chi connectivity index (χ4n) is 2.14. The molecule has 1 aromatic heterocycles. The zero-order chi connectivity index (χ0) is 14.5. The number of rotatable bonds is 4. The number of amides is 1. The highest BCUT2D eigenvalue weighted by Gasteiger charge is 2.21. The van der Waals surface area contributed by atoms with Crippen molar-refractivity contribution in [2.75, 3.05) is 19.7 Å². The van der Waals surface area contributed by atoms with E-state index in [9.17, 15) is 4.79 Å². The van der Waals surface area contributed by atoms with E-state index in [2.05, 4.69) is 20.7 Å². The SMILES string of the molecule is O=C(NCc1ccc(-n2cncn2)cc1)C1CNCCO1. The van der Waals surface area contributed by atoms with Crippen molar-refractivity contribution in [2.45, 2.75) is 12.6 Å². The fraction of sp³-hybridized carbons (Fsp3) is 0.357. The molecule has 2 aromatic rings. The second-order valence-corrected chi connectivity index (χ2v) is 4.79. The summed E-state index contributed by atoms with van der Waals surface area (Å²) in [6.45, 7) is 2.42. The van der Waals surface area contributed by atoms with Gasteiger partial charge < -0.3 is 15.4 Å². The summed E-state index contributed by atoms with van der Waals surface area (Å²) in [5.41, 5.74) is 1.96. The Labute approximate surface area is 122 Å². The minimum absolute atomic E-state index is 0.0810. The first-order valence-corrected chi connectivity index (χ1v) is 6.87. The van der Waals surface area contributed by atoms with Crippen LogP contribution < -0.4 is 10.6 Å². The highest BCUT2D eigenvalue weighted by Crippen LogP contribution is 2.08. The molecule has 0 saturated carbocycles. The van der Waals surface area contributed by atoms with E-state index < -0.39 is 6.10 Å². The highest BCUT2D eigenvalue weighted by molar-refractivity contribution is 5.81. The molecule has 110 valence electrons. The molecule has 1 fully saturated rings. The molecule has 0 spiro atoms. The monoisotopic (exact) mass is 287 g/mol. The van der Waals surface area contributed by atoms with E-state index in [0.29, 0.717) is 19.7 Å². The number of benzene rings is 1. The number of carbonyl (C=O) groups excluding carboxylic acids is 1. The Morgan fingerprint density at radius 1 is 1.43 bits per heavy atom. The Morgan fingerprint density at radius 2 is 2.29 bits per heavy atom. The summed E-state index contributed by atoms with van der Waals surface area (Å²) in [6.07, 6.45) is 2.74. The molecule has 3 rings (SSSR count). The lowest BCUT2D eigenvalue weighted by Gasteiger charge is -2.22. The maximum absolute atomic E-state index is 11.9. The molecule has 0 radical (unpaired) electrons. The summed E-state index contributed by atoms with van der Waals surface area (Å²) in [5.74, 6) is -0.0810. The van der Waals surface area contributed by atoms with Crippen LogP contribution in [-0.2, 0) is 16.1 Å². The second-order valence-electron chi connectivity index (χ2n) is 4.79. The van der Waals surface area contributed by atoms with E-state index in [4.69, 9.17) is 4.74 Å². The molecule has 1 atom stereocenters. The van der Waals surface area contributed by atoms with Gasteiger partial charge in [-0.15, -0.1) is 0 Å². The zero-order valence-electron chi connectivity index (χ0n) is 11.5. The van der Waals surface area contributed by atoms with Crippen molar-refractivity contribution in [3.8, 4) is 5.69 Å². The van der Waals surface area contributed by atoms with Gasteiger partial charge in [-0.1, -0.05) is 12.1 Å². The van der Waals surface area contributed by atoms with Crippen LogP contribution in [0.5, 0.6) is 0 Å². The lowest BCUT2D eigenvalue weighted by molar-refractivity contribution is -0.134. The molecule has 2 heterocycles. The van der Waals surface area contributed by atoms with Crippen LogP contribution in [-0.4, -0.2) is 46.5 Å². The van der Waals surface area contributed by atoms with Gasteiger partial charge in [0.2, 0.25) is 0 Å². The quantitative estimate of drug-likeness (QED) is 0.819. The summed E-state index contributed by atoms with van der Waals surface area (Å²) in [5, 5.41) is 10.1. The molecular weight excluding hydrogens is 270 g/mol. The van der Waals surface area contributed by atoms with E-state index >= 15 is 0 Å². The van der Waals surface area contributed by atoms with Crippen LogP contribution in [0, 0.1) is 0 Å². The molecule has 0 aliphatic carbocycles. The van der Waals surface area contributed by atoms with Crippen molar-refractivity contribution in [1.82, 2.24) is 25.4 Å². The van der Waals surface area contributed by atoms with E-state index in [1.54, 1.807) is 11.0 Å². The van der Waals surface area contributed by atoms with E-state index in [1.807, 2.05) is 24.3 Å². The van der Waals surface area contributed by atoms with Gasteiger partial charge in [0, 0.05) is 19.6 Å². The normalized spacial score (nSPS) is 18.4. The average molecular weight is 287 g/mol. The number of nitrogens with one attached hydrogen (secondary N) is 2. The Balaban J connectivity index is 1.54. The van der Waals surface area contributed by atoms with Crippen LogP contribution in [0.2, 0.25) is 0 Å². The number of hydrogen-bond acceptors (Lipinski definition) is 5. The topological polar surface area (TPSA) is 81.1 Å². The molecule has 1 amide bonds. The van der Waals surface area contributed by atoms with Crippen LogP contribution in [0.15, 0.2) is 36.9 Å². The molecule has 1 aliphatic heterocycles. The molecule has 1 aliphatic rings. The predicted octanol–water partition coefficient (Wildman–Crippen LogP) is -0.128. The number of nitrogens with zero attached hydrogens (tertiary/aromatic N) is 3. The summed E-state index contributed by atoms with van der Waals surface area (Å²) in [7, 11) is 0. The van der Waals surface area contributed by atoms with Gasteiger partial charge in [-0.2, -0.15) is 5.10 Å². The lowest BCUT2D eigenvalue weighted by atomic mass is 10.2. The Kier molecular flexibility index (Phi) is 4.23. The zero-order valence-corrected chi connectivity index (χ0v) is 11.5. The second kappa shape index (κ2) is 6.47. The smallest absolute Gasteiger partial charge is 0.250 e. The summed E-state index contributed by atoms with van der Waals surface area (Å²) in [6, 6.07) is 7.79. The van der Waals surface area contributed by atoms with Crippen LogP contribution in [0.1, 0.15) is 5.56 Å².